The van der Waals surface area contributed by atoms with E-state index in [-0.39, 0.29) is 42.9 Å². The minimum absolute atomic E-state index is 0.0245. The Labute approximate surface area is 270 Å². The maximum Gasteiger partial charge on any atom is 0.386 e. The van der Waals surface area contributed by atoms with E-state index >= 15 is 0 Å². The molecule has 2 saturated heterocycles. The summed E-state index contributed by atoms with van der Waals surface area (Å²) in [6.45, 7) is -8.18. The van der Waals surface area contributed by atoms with Gasteiger partial charge >= 0.3 is 6.80 Å². The lowest BCUT2D eigenvalue weighted by molar-refractivity contribution is -0.0519. The molecular weight excluding hydrogens is 684 g/mol. The highest BCUT2D eigenvalue weighted by Gasteiger charge is 2.52. The number of nitrogen functional groups attached to an aromatic ring is 2. The van der Waals surface area contributed by atoms with E-state index in [1.165, 1.54) is 30.5 Å². The molecule has 3 fully saturated rings. The average Bonchev–Trinajstić information content (AvgIpc) is 3.75. The lowest BCUT2D eigenvalue weighted by atomic mass is 10.0. The normalized spacial score (nSPS) is 37.1. The molecule has 10 atom stereocenters. The number of nitrogens with zero attached hydrogens (tertiary/aromatic N) is 6. The number of aliphatic hydroxyl groups excluding tert-OH is 1. The van der Waals surface area contributed by atoms with Crippen LogP contribution in [0.4, 0.5) is 11.6 Å². The number of rotatable bonds is 3. The van der Waals surface area contributed by atoms with E-state index in [9.17, 15) is 19.4 Å². The lowest BCUT2D eigenvalue weighted by Gasteiger charge is -2.28. The number of methoxy groups -OCH3 is 1. The lowest BCUT2D eigenvalue weighted by Crippen LogP contribution is -2.34. The topological polar surface area (TPSA) is 250 Å². The first kappa shape index (κ1) is 32.1. The first-order valence-electron chi connectivity index (χ1n) is 14.1. The van der Waals surface area contributed by atoms with Gasteiger partial charge in [0, 0.05) is 31.3 Å². The van der Waals surface area contributed by atoms with Crippen molar-refractivity contribution in [2.45, 2.75) is 43.1 Å². The zero-order valence-corrected chi connectivity index (χ0v) is 27.6. The third-order valence-corrected chi connectivity index (χ3v) is 12.5. The Bertz CT molecular complexity index is 1960. The van der Waals surface area contributed by atoms with Crippen molar-refractivity contribution in [2.75, 3.05) is 38.0 Å². The van der Waals surface area contributed by atoms with Crippen molar-refractivity contribution >= 4 is 71.3 Å². The number of anilines is 2. The number of imidazole rings is 2. The molecule has 7 rings (SSSR count). The van der Waals surface area contributed by atoms with Crippen LogP contribution >= 0.6 is 25.5 Å². The number of aromatic nitrogens is 7. The quantitative estimate of drug-likeness (QED) is 0.128. The molecule has 1 aliphatic carbocycles. The largest absolute Gasteiger partial charge is 0.397 e. The van der Waals surface area contributed by atoms with Gasteiger partial charge in [-0.1, -0.05) is 12.2 Å². The summed E-state index contributed by atoms with van der Waals surface area (Å²) in [5, 5.41) is 11.5. The van der Waals surface area contributed by atoms with Crippen LogP contribution in [0.3, 0.4) is 0 Å². The summed E-state index contributed by atoms with van der Waals surface area (Å²) in [6.07, 6.45) is -0.252. The molecule has 2 bridgehead atoms. The van der Waals surface area contributed by atoms with Crippen molar-refractivity contribution in [1.82, 2.24) is 34.1 Å². The molecule has 248 valence electrons. The fourth-order valence-electron chi connectivity index (χ4n) is 6.60. The van der Waals surface area contributed by atoms with Crippen LogP contribution < -0.4 is 17.0 Å². The molecule has 3 aliphatic rings. The van der Waals surface area contributed by atoms with Crippen LogP contribution in [0.15, 0.2) is 29.7 Å². The molecule has 0 aromatic carbocycles. The average molecular weight is 716 g/mol. The Balaban J connectivity index is 1.22. The van der Waals surface area contributed by atoms with E-state index in [1.54, 1.807) is 10.6 Å². The van der Waals surface area contributed by atoms with E-state index in [1.807, 2.05) is 0 Å². The Morgan fingerprint density at radius 1 is 1.15 bits per heavy atom. The molecule has 4 aromatic heterocycles. The van der Waals surface area contributed by atoms with E-state index < -0.39 is 67.4 Å². The second-order valence-corrected chi connectivity index (χ2v) is 17.9. The van der Waals surface area contributed by atoms with Crippen LogP contribution in [-0.4, -0.2) is 95.0 Å². The van der Waals surface area contributed by atoms with Crippen molar-refractivity contribution in [2.24, 2.45) is 11.8 Å². The molecule has 2 aliphatic heterocycles. The number of fused-ring (bicyclic) bond motifs is 5. The molecule has 46 heavy (non-hydrogen) atoms. The van der Waals surface area contributed by atoms with Gasteiger partial charge in [0.15, 0.2) is 23.3 Å². The maximum atomic E-state index is 13.6. The van der Waals surface area contributed by atoms with Gasteiger partial charge in [0.05, 0.1) is 43.7 Å². The second kappa shape index (κ2) is 11.9. The van der Waals surface area contributed by atoms with Gasteiger partial charge in [-0.3, -0.25) is 23.4 Å². The van der Waals surface area contributed by atoms with Gasteiger partial charge in [-0.2, -0.15) is 4.98 Å². The summed E-state index contributed by atoms with van der Waals surface area (Å²) in [5.41, 5.74) is 12.8. The summed E-state index contributed by atoms with van der Waals surface area (Å²) in [5.74, 6) is -1.39. The van der Waals surface area contributed by atoms with Crippen LogP contribution in [0, 0.1) is 11.8 Å². The molecule has 0 radical (unpaired) electrons. The summed E-state index contributed by atoms with van der Waals surface area (Å²) < 4.78 is 46.5. The number of aliphatic hydroxyl groups is 1. The number of nitrogens with one attached hydrogen (secondary N) is 1. The van der Waals surface area contributed by atoms with Gasteiger partial charge in [0.1, 0.15) is 30.1 Å². The highest BCUT2D eigenvalue weighted by molar-refractivity contribution is 8.44. The minimum atomic E-state index is -4.14. The molecule has 22 heteroatoms. The Kier molecular flexibility index (Phi) is 8.29. The fourth-order valence-corrected chi connectivity index (χ4v) is 10.3. The second-order valence-electron chi connectivity index (χ2n) is 11.4. The molecule has 2 unspecified atom stereocenters. The number of ether oxygens (including phenoxy) is 2. The van der Waals surface area contributed by atoms with Crippen molar-refractivity contribution in [1.29, 1.82) is 0 Å². The Morgan fingerprint density at radius 3 is 2.70 bits per heavy atom. The third kappa shape index (κ3) is 5.68. The summed E-state index contributed by atoms with van der Waals surface area (Å²) in [4.78, 5) is 43.5. The molecule has 1 saturated carbocycles. The first-order valence-corrected chi connectivity index (χ1v) is 19.7. The van der Waals surface area contributed by atoms with E-state index in [0.717, 1.165) is 0 Å². The highest BCUT2D eigenvalue weighted by atomic mass is 32.7. The SMILES string of the molecule is CO[C@H]1[C@H]2CP(O)(=S)OC[C@H]3C[C@@H](n4cnc5c(N)ccnc54)[C@H](O)[C@@H]3OP(=O)(S)OC[C@H]1O[C@H]2n1cnc2c(=O)[nH]c(N)nc21. The van der Waals surface area contributed by atoms with Crippen LogP contribution in [0.25, 0.3) is 22.3 Å². The van der Waals surface area contributed by atoms with E-state index in [0.29, 0.717) is 16.9 Å². The smallest absolute Gasteiger partial charge is 0.386 e. The van der Waals surface area contributed by atoms with E-state index in [4.69, 9.17) is 46.3 Å². The van der Waals surface area contributed by atoms with Crippen LogP contribution in [-0.2, 0) is 39.4 Å². The number of pyridine rings is 1. The van der Waals surface area contributed by atoms with Crippen LogP contribution in [0.1, 0.15) is 18.7 Å². The van der Waals surface area contributed by atoms with Gasteiger partial charge in [0.2, 0.25) is 5.95 Å². The van der Waals surface area contributed by atoms with Crippen molar-refractivity contribution in [3.63, 3.8) is 0 Å². The van der Waals surface area contributed by atoms with Crippen molar-refractivity contribution < 1.29 is 37.6 Å². The van der Waals surface area contributed by atoms with Gasteiger partial charge in [-0.15, -0.1) is 0 Å². The number of H-pyrrole nitrogens is 1. The third-order valence-electron chi connectivity index (χ3n) is 8.64. The standard InChI is InChI=1S/C24H31N9O9P2S2/c1-38-19-11-7-43(36,45)39-5-10-4-13(32-8-28-15-12(25)2-3-27-20(15)32)17(34)18(10)42-44(37,46)40-6-14(19)41-23(11)33-9-29-16-21(33)30-24(26)31-22(16)35/h2-3,8-11,13-14,17-19,23,34H,4-7H2,1H3,(H2,25,27)(H,36,45)(H,37,46)(H3,26,30,31,35)/t10-,11-,13-,14-,17+,18-,19+,23-,43?,44?/m1/s1. The molecule has 6 heterocycles. The van der Waals surface area contributed by atoms with Gasteiger partial charge in [0.25, 0.3) is 5.56 Å². The molecule has 0 spiro atoms. The molecule has 4 aromatic rings. The van der Waals surface area contributed by atoms with Crippen LogP contribution in [0.5, 0.6) is 0 Å². The number of hydrogen-bond acceptors (Lipinski definition) is 15. The van der Waals surface area contributed by atoms with Gasteiger partial charge < -0.3 is 40.0 Å². The van der Waals surface area contributed by atoms with Gasteiger partial charge in [-0.25, -0.2) is 19.5 Å². The minimum Gasteiger partial charge on any atom is -0.397 e. The Morgan fingerprint density at radius 2 is 1.91 bits per heavy atom. The first-order chi connectivity index (χ1) is 21.9. The zero-order valence-electron chi connectivity index (χ0n) is 24.1. The molecular formula is C24H31N9O9P2S2. The molecule has 18 nitrogen and oxygen atoms in total. The maximum absolute atomic E-state index is 13.6. The number of hydrogen-bond donors (Lipinski definition) is 6. The predicted molar refractivity (Wildman–Crippen MR) is 171 cm³/mol. The number of aromatic amines is 1. The highest BCUT2D eigenvalue weighted by Crippen LogP contribution is 2.59. The molecule has 7 N–H and O–H groups in total. The summed E-state index contributed by atoms with van der Waals surface area (Å²) in [6, 6.07) is 0.992. The monoisotopic (exact) mass is 715 g/mol. The number of nitrogens with two attached hydrogens (primary N) is 2. The summed E-state index contributed by atoms with van der Waals surface area (Å²) in [7, 11) is 1.45. The Hall–Kier alpha value is -2.48. The van der Waals surface area contributed by atoms with Crippen LogP contribution in [0.2, 0.25) is 0 Å². The van der Waals surface area contributed by atoms with Crippen molar-refractivity contribution in [3.05, 3.63) is 35.3 Å². The fraction of sp³-hybridized carbons (Fsp3) is 0.542. The molecule has 0 amide bonds. The van der Waals surface area contributed by atoms with Crippen molar-refractivity contribution in [3.8, 4) is 0 Å². The predicted octanol–water partition coefficient (Wildman–Crippen LogP) is 0.951. The summed E-state index contributed by atoms with van der Waals surface area (Å²) >= 11 is 9.86. The zero-order chi connectivity index (χ0) is 32.5. The van der Waals surface area contributed by atoms with Gasteiger partial charge in [-0.05, 0) is 24.3 Å². The van der Waals surface area contributed by atoms with E-state index in [2.05, 4.69) is 37.2 Å². The number of thiol groups is 1.